The maximum Gasteiger partial charge on any atom is 0.327 e. The van der Waals surface area contributed by atoms with Gasteiger partial charge in [0, 0.05) is 12.3 Å². The number of hydrogen-bond donors (Lipinski definition) is 2. The minimum absolute atomic E-state index is 0.0721. The first-order valence-corrected chi connectivity index (χ1v) is 8.89. The third-order valence-electron chi connectivity index (χ3n) is 3.73. The molecule has 1 saturated heterocycles. The van der Waals surface area contributed by atoms with Gasteiger partial charge in [-0.3, -0.25) is 4.90 Å². The Labute approximate surface area is 131 Å². The zero-order valence-electron chi connectivity index (χ0n) is 13.3. The van der Waals surface area contributed by atoms with Crippen molar-refractivity contribution in [1.82, 2.24) is 10.2 Å². The van der Waals surface area contributed by atoms with Crippen molar-refractivity contribution >= 4 is 23.8 Å². The third kappa shape index (κ3) is 6.16. The highest BCUT2D eigenvalue weighted by Crippen LogP contribution is 2.28. The van der Waals surface area contributed by atoms with Crippen LogP contribution in [0.4, 0.5) is 4.79 Å². The minimum Gasteiger partial charge on any atom is -0.480 e. The molecule has 0 bridgehead atoms. The van der Waals surface area contributed by atoms with Crippen LogP contribution in [0.25, 0.3) is 0 Å². The lowest BCUT2D eigenvalue weighted by molar-refractivity contribution is -0.141. The standard InChI is InChI=1S/C15H28N2O3S/c1-11(2)8-6-4-5-7-9-16-15(20)17-12(3)21-10-13(17)14(18)19/h11-13H,4-10H2,1-3H3,(H,16,20)(H,18,19). The van der Waals surface area contributed by atoms with Gasteiger partial charge >= 0.3 is 12.0 Å². The van der Waals surface area contributed by atoms with Crippen molar-refractivity contribution in [3.05, 3.63) is 0 Å². The van der Waals surface area contributed by atoms with E-state index in [-0.39, 0.29) is 11.4 Å². The number of hydrogen-bond acceptors (Lipinski definition) is 3. The topological polar surface area (TPSA) is 69.6 Å². The van der Waals surface area contributed by atoms with Crippen LogP contribution in [0.15, 0.2) is 0 Å². The second-order valence-corrected chi connectivity index (χ2v) is 7.37. The fourth-order valence-corrected chi connectivity index (χ4v) is 3.63. The smallest absolute Gasteiger partial charge is 0.327 e. The SMILES string of the molecule is CC(C)CCCCCCNC(=O)N1C(C)SCC1C(=O)O. The third-order valence-corrected chi connectivity index (χ3v) is 4.94. The van der Waals surface area contributed by atoms with Crippen LogP contribution < -0.4 is 5.32 Å². The Kier molecular flexibility index (Phi) is 7.93. The first-order chi connectivity index (χ1) is 9.93. The van der Waals surface area contributed by atoms with Crippen LogP contribution in [0.5, 0.6) is 0 Å². The van der Waals surface area contributed by atoms with Crippen molar-refractivity contribution in [3.63, 3.8) is 0 Å². The molecule has 0 spiro atoms. The van der Waals surface area contributed by atoms with Gasteiger partial charge in [0.05, 0.1) is 5.37 Å². The molecule has 0 aromatic rings. The van der Waals surface area contributed by atoms with E-state index in [1.165, 1.54) is 35.9 Å². The highest BCUT2D eigenvalue weighted by molar-refractivity contribution is 8.00. The summed E-state index contributed by atoms with van der Waals surface area (Å²) in [5, 5.41) is 11.9. The van der Waals surface area contributed by atoms with Crippen molar-refractivity contribution in [2.24, 2.45) is 5.92 Å². The van der Waals surface area contributed by atoms with Gasteiger partial charge in [-0.1, -0.05) is 39.5 Å². The van der Waals surface area contributed by atoms with Gasteiger partial charge in [0.15, 0.2) is 0 Å². The molecule has 1 rings (SSSR count). The second kappa shape index (κ2) is 9.18. The van der Waals surface area contributed by atoms with E-state index in [1.807, 2.05) is 6.92 Å². The fraction of sp³-hybridized carbons (Fsp3) is 0.867. The Morgan fingerprint density at radius 3 is 2.57 bits per heavy atom. The van der Waals surface area contributed by atoms with Crippen molar-refractivity contribution in [2.45, 2.75) is 64.3 Å². The van der Waals surface area contributed by atoms with E-state index in [0.717, 1.165) is 18.8 Å². The molecule has 0 radical (unpaired) electrons. The van der Waals surface area contributed by atoms with Gasteiger partial charge in [0.1, 0.15) is 6.04 Å². The van der Waals surface area contributed by atoms with Gasteiger partial charge in [0.2, 0.25) is 0 Å². The van der Waals surface area contributed by atoms with E-state index < -0.39 is 12.0 Å². The molecule has 2 unspecified atom stereocenters. The van der Waals surface area contributed by atoms with Crippen molar-refractivity contribution < 1.29 is 14.7 Å². The van der Waals surface area contributed by atoms with Crippen LogP contribution in [0.1, 0.15) is 52.9 Å². The molecule has 5 nitrogen and oxygen atoms in total. The molecule has 0 saturated carbocycles. The maximum absolute atomic E-state index is 12.1. The normalized spacial score (nSPS) is 21.8. The second-order valence-electron chi connectivity index (χ2n) is 6.02. The average molecular weight is 316 g/mol. The zero-order chi connectivity index (χ0) is 15.8. The Morgan fingerprint density at radius 1 is 1.29 bits per heavy atom. The number of carboxylic acids is 1. The molecule has 2 N–H and O–H groups in total. The molecular formula is C15H28N2O3S. The lowest BCUT2D eigenvalue weighted by atomic mass is 10.0. The molecule has 2 atom stereocenters. The van der Waals surface area contributed by atoms with E-state index in [2.05, 4.69) is 19.2 Å². The molecular weight excluding hydrogens is 288 g/mol. The largest absolute Gasteiger partial charge is 0.480 e. The maximum atomic E-state index is 12.1. The molecule has 1 heterocycles. The number of nitrogens with zero attached hydrogens (tertiary/aromatic N) is 1. The molecule has 6 heteroatoms. The molecule has 21 heavy (non-hydrogen) atoms. The predicted octanol–water partition coefficient (Wildman–Crippen LogP) is 3.15. The Balaban J connectivity index is 2.19. The van der Waals surface area contributed by atoms with E-state index in [0.29, 0.717) is 12.3 Å². The van der Waals surface area contributed by atoms with Crippen molar-refractivity contribution in [2.75, 3.05) is 12.3 Å². The van der Waals surface area contributed by atoms with Crippen molar-refractivity contribution in [1.29, 1.82) is 0 Å². The Morgan fingerprint density at radius 2 is 1.95 bits per heavy atom. The van der Waals surface area contributed by atoms with Gasteiger partial charge in [-0.15, -0.1) is 11.8 Å². The number of carbonyl (C=O) groups is 2. The first-order valence-electron chi connectivity index (χ1n) is 7.84. The number of amides is 2. The van der Waals surface area contributed by atoms with Crippen LogP contribution in [0.3, 0.4) is 0 Å². The summed E-state index contributed by atoms with van der Waals surface area (Å²) in [5.41, 5.74) is 0. The number of thioether (sulfide) groups is 1. The molecule has 0 aliphatic carbocycles. The summed E-state index contributed by atoms with van der Waals surface area (Å²) in [6, 6.07) is -0.946. The lowest BCUT2D eigenvalue weighted by Gasteiger charge is -2.25. The number of carboxylic acid groups (broad SMARTS) is 1. The number of aliphatic carboxylic acids is 1. The van der Waals surface area contributed by atoms with Gasteiger partial charge in [-0.05, 0) is 19.3 Å². The van der Waals surface area contributed by atoms with E-state index in [4.69, 9.17) is 5.11 Å². The van der Waals surface area contributed by atoms with E-state index >= 15 is 0 Å². The van der Waals surface area contributed by atoms with Gasteiger partial charge in [0.25, 0.3) is 0 Å². The summed E-state index contributed by atoms with van der Waals surface area (Å²) >= 11 is 1.51. The van der Waals surface area contributed by atoms with Gasteiger partial charge in [-0.2, -0.15) is 0 Å². The van der Waals surface area contributed by atoms with E-state index in [9.17, 15) is 9.59 Å². The summed E-state index contributed by atoms with van der Waals surface area (Å²) in [7, 11) is 0. The number of rotatable bonds is 8. The molecule has 0 aromatic carbocycles. The summed E-state index contributed by atoms with van der Waals surface area (Å²) < 4.78 is 0. The summed E-state index contributed by atoms with van der Waals surface area (Å²) in [5.74, 6) is 0.307. The molecule has 2 amide bonds. The van der Waals surface area contributed by atoms with Crippen LogP contribution in [0, 0.1) is 5.92 Å². The lowest BCUT2D eigenvalue weighted by Crippen LogP contribution is -2.49. The van der Waals surface area contributed by atoms with Crippen LogP contribution in [-0.2, 0) is 4.79 Å². The number of unbranched alkanes of at least 4 members (excludes halogenated alkanes) is 3. The Hall–Kier alpha value is -0.910. The quantitative estimate of drug-likeness (QED) is 0.675. The van der Waals surface area contributed by atoms with Crippen molar-refractivity contribution in [3.8, 4) is 0 Å². The molecule has 1 fully saturated rings. The van der Waals surface area contributed by atoms with Crippen LogP contribution in [0.2, 0.25) is 0 Å². The Bertz CT molecular complexity index is 350. The average Bonchev–Trinajstić information content (AvgIpc) is 2.79. The summed E-state index contributed by atoms with van der Waals surface area (Å²) in [6.07, 6.45) is 5.76. The first kappa shape index (κ1) is 18.1. The van der Waals surface area contributed by atoms with Gasteiger partial charge < -0.3 is 10.4 Å². The van der Waals surface area contributed by atoms with Crippen LogP contribution in [-0.4, -0.2) is 45.7 Å². The fourth-order valence-electron chi connectivity index (χ4n) is 2.46. The number of urea groups is 1. The summed E-state index contributed by atoms with van der Waals surface area (Å²) in [6.45, 7) is 6.96. The van der Waals surface area contributed by atoms with Crippen LogP contribution >= 0.6 is 11.8 Å². The van der Waals surface area contributed by atoms with Gasteiger partial charge in [-0.25, -0.2) is 9.59 Å². The molecule has 122 valence electrons. The molecule has 0 aromatic heterocycles. The molecule has 1 aliphatic heterocycles. The van der Waals surface area contributed by atoms with E-state index in [1.54, 1.807) is 0 Å². The minimum atomic E-state index is -0.921. The number of nitrogens with one attached hydrogen (secondary N) is 1. The highest BCUT2D eigenvalue weighted by atomic mass is 32.2. The summed E-state index contributed by atoms with van der Waals surface area (Å²) in [4.78, 5) is 24.7. The number of carbonyl (C=O) groups excluding carboxylic acids is 1. The highest BCUT2D eigenvalue weighted by Gasteiger charge is 2.39. The predicted molar refractivity (Wildman–Crippen MR) is 86.5 cm³/mol. The zero-order valence-corrected chi connectivity index (χ0v) is 14.1. The monoisotopic (exact) mass is 316 g/mol. The molecule has 1 aliphatic rings.